The fourth-order valence-electron chi connectivity index (χ4n) is 7.73. The zero-order valence-corrected chi connectivity index (χ0v) is 37.1. The van der Waals surface area contributed by atoms with E-state index in [1.165, 1.54) is 31.9 Å². The Hall–Kier alpha value is -6.97. The summed E-state index contributed by atoms with van der Waals surface area (Å²) in [6, 6.07) is 64.5. The van der Waals surface area contributed by atoms with Gasteiger partial charge < -0.3 is 9.80 Å². The van der Waals surface area contributed by atoms with E-state index in [-0.39, 0.29) is 0 Å². The van der Waals surface area contributed by atoms with Crippen LogP contribution in [0.1, 0.15) is 22.3 Å². The summed E-state index contributed by atoms with van der Waals surface area (Å²) in [5, 5.41) is 26.5. The van der Waals surface area contributed by atoms with Crippen molar-refractivity contribution in [2.75, 3.05) is 9.80 Å². The van der Waals surface area contributed by atoms with Crippen molar-refractivity contribution in [3.63, 3.8) is 0 Å². The summed E-state index contributed by atoms with van der Waals surface area (Å²) in [5.74, 6) is 0. The summed E-state index contributed by atoms with van der Waals surface area (Å²) >= 11 is 0. The predicted octanol–water partition coefficient (Wildman–Crippen LogP) is 13.9. The minimum atomic E-state index is -1.45. The lowest BCUT2D eigenvalue weighted by Crippen LogP contribution is -2.37. The molecule has 8 aromatic rings. The van der Waals surface area contributed by atoms with Crippen LogP contribution in [-0.2, 0) is 0 Å². The monoisotopic (exact) mass is 808 g/mol. The predicted molar refractivity (Wildman–Crippen MR) is 262 cm³/mol. The third kappa shape index (κ3) is 8.44. The average Bonchev–Trinajstić information content (AvgIpc) is 3.26. The maximum Gasteiger partial charge on any atom is 0.0991 e. The number of rotatable bonds is 10. The zero-order valence-electron chi connectivity index (χ0n) is 35.1. The Bertz CT molecular complexity index is 2920. The number of hydrogen-bond donors (Lipinski definition) is 0. The molecular formula is C54H48N4Si2. The third-order valence-corrected chi connectivity index (χ3v) is 15.3. The molecule has 8 aromatic carbocycles. The molecule has 0 N–H and O–H groups in total. The number of anilines is 6. The van der Waals surface area contributed by atoms with Gasteiger partial charge in [0.15, 0.2) is 0 Å². The van der Waals surface area contributed by atoms with Crippen LogP contribution < -0.4 is 20.2 Å². The van der Waals surface area contributed by atoms with E-state index in [9.17, 15) is 10.5 Å². The first kappa shape index (κ1) is 39.8. The van der Waals surface area contributed by atoms with Crippen LogP contribution in [0.4, 0.5) is 34.1 Å². The summed E-state index contributed by atoms with van der Waals surface area (Å²) < 4.78 is 0. The summed E-state index contributed by atoms with van der Waals surface area (Å²) in [6.07, 6.45) is 4.35. The van der Waals surface area contributed by atoms with E-state index in [0.29, 0.717) is 11.1 Å². The molecule has 0 aliphatic heterocycles. The molecule has 0 saturated carbocycles. The van der Waals surface area contributed by atoms with Crippen LogP contribution in [0, 0.1) is 22.7 Å². The molecule has 0 radical (unpaired) electrons. The fraction of sp³-hybridized carbons (Fsp3) is 0.111. The van der Waals surface area contributed by atoms with Crippen molar-refractivity contribution in [3.8, 4) is 12.1 Å². The van der Waals surface area contributed by atoms with Gasteiger partial charge in [0.1, 0.15) is 0 Å². The molecule has 0 saturated heterocycles. The molecule has 0 fully saturated rings. The minimum Gasteiger partial charge on any atom is -0.311 e. The van der Waals surface area contributed by atoms with Gasteiger partial charge in [-0.1, -0.05) is 129 Å². The second-order valence-electron chi connectivity index (χ2n) is 17.5. The Kier molecular flexibility index (Phi) is 10.9. The Balaban J connectivity index is 1.06. The van der Waals surface area contributed by atoms with E-state index in [0.717, 1.165) is 45.3 Å². The third-order valence-electron chi connectivity index (χ3n) is 11.2. The first-order chi connectivity index (χ1) is 28.9. The van der Waals surface area contributed by atoms with Crippen LogP contribution in [-0.4, -0.2) is 16.1 Å². The Labute approximate surface area is 356 Å². The van der Waals surface area contributed by atoms with Crippen molar-refractivity contribution in [1.82, 2.24) is 0 Å². The van der Waals surface area contributed by atoms with Gasteiger partial charge in [-0.05, 0) is 136 Å². The summed E-state index contributed by atoms with van der Waals surface area (Å²) in [7, 11) is -2.89. The molecule has 0 bridgehead atoms. The van der Waals surface area contributed by atoms with Crippen molar-refractivity contribution in [2.24, 2.45) is 0 Å². The lowest BCUT2D eigenvalue weighted by atomic mass is 9.99. The summed E-state index contributed by atoms with van der Waals surface area (Å²) in [5.41, 5.74) is 9.85. The zero-order chi connectivity index (χ0) is 42.0. The first-order valence-corrected chi connectivity index (χ1v) is 27.4. The highest BCUT2D eigenvalue weighted by molar-refractivity contribution is 6.89. The fourth-order valence-corrected chi connectivity index (χ4v) is 10.1. The van der Waals surface area contributed by atoms with Crippen molar-refractivity contribution in [1.29, 1.82) is 10.5 Å². The van der Waals surface area contributed by atoms with Gasteiger partial charge in [0.25, 0.3) is 0 Å². The Morgan fingerprint density at radius 1 is 0.367 bits per heavy atom. The highest BCUT2D eigenvalue weighted by atomic mass is 28.3. The number of fused-ring (bicyclic) bond motifs is 3. The molecule has 0 amide bonds. The molecule has 0 aliphatic carbocycles. The molecule has 8 rings (SSSR count). The standard InChI is InChI=1S/C54H48N4Si2/c1-59(2,3)51-29-24-48(25-30-51)57(46-20-11-41(37-55)12-21-46)45-18-9-39(10-19-45)7-8-40-15-33-53-43(35-40)16-17-44-36-50(28-34-54(44)53)58(47-22-13-42(38-56)14-23-47)49-26-31-52(32-27-49)60(4,5)6/h7-36H,1-6H3/b8-7+. The normalized spacial score (nSPS) is 11.7. The SMILES string of the molecule is C[Si](C)(C)c1ccc(N(c2ccc(C#N)cc2)c2ccc(/C=C/c3ccc4c(ccc5cc(N(c6ccc(C#N)cc6)c6ccc([Si](C)(C)C)cc6)ccc54)c3)cc2)cc1. The highest BCUT2D eigenvalue weighted by Gasteiger charge is 2.20. The molecule has 0 atom stereocenters. The van der Waals surface area contributed by atoms with Crippen molar-refractivity contribution in [2.45, 2.75) is 39.3 Å². The van der Waals surface area contributed by atoms with Gasteiger partial charge in [0.2, 0.25) is 0 Å². The van der Waals surface area contributed by atoms with Crippen LogP contribution in [0.5, 0.6) is 0 Å². The van der Waals surface area contributed by atoms with E-state index in [1.807, 2.05) is 48.5 Å². The molecule has 0 spiro atoms. The maximum atomic E-state index is 9.47. The Morgan fingerprint density at radius 2 is 0.700 bits per heavy atom. The first-order valence-electron chi connectivity index (χ1n) is 20.4. The van der Waals surface area contributed by atoms with Gasteiger partial charge in [0, 0.05) is 34.1 Å². The van der Waals surface area contributed by atoms with Crippen LogP contribution in [0.25, 0.3) is 33.7 Å². The summed E-state index contributed by atoms with van der Waals surface area (Å²) in [4.78, 5) is 4.52. The van der Waals surface area contributed by atoms with Crippen molar-refractivity contribution >= 4 is 94.3 Å². The van der Waals surface area contributed by atoms with Crippen LogP contribution in [0.15, 0.2) is 170 Å². The van der Waals surface area contributed by atoms with Gasteiger partial charge in [-0.2, -0.15) is 10.5 Å². The topological polar surface area (TPSA) is 54.1 Å². The summed E-state index contributed by atoms with van der Waals surface area (Å²) in [6.45, 7) is 14.2. The van der Waals surface area contributed by atoms with Gasteiger partial charge in [-0.15, -0.1) is 0 Å². The van der Waals surface area contributed by atoms with Gasteiger partial charge >= 0.3 is 0 Å². The van der Waals surface area contributed by atoms with E-state index < -0.39 is 16.1 Å². The van der Waals surface area contributed by atoms with Crippen LogP contribution in [0.2, 0.25) is 39.3 Å². The molecule has 60 heavy (non-hydrogen) atoms. The minimum absolute atomic E-state index is 0.645. The van der Waals surface area contributed by atoms with Gasteiger partial charge in [0.05, 0.1) is 39.4 Å². The van der Waals surface area contributed by atoms with E-state index in [2.05, 4.69) is 195 Å². The number of nitriles is 2. The molecule has 4 nitrogen and oxygen atoms in total. The van der Waals surface area contributed by atoms with E-state index in [1.54, 1.807) is 0 Å². The molecule has 0 aliphatic rings. The van der Waals surface area contributed by atoms with E-state index >= 15 is 0 Å². The van der Waals surface area contributed by atoms with Gasteiger partial charge in [-0.25, -0.2) is 0 Å². The number of nitrogens with zero attached hydrogens (tertiary/aromatic N) is 4. The highest BCUT2D eigenvalue weighted by Crippen LogP contribution is 2.38. The second kappa shape index (κ2) is 16.4. The maximum absolute atomic E-state index is 9.47. The van der Waals surface area contributed by atoms with Crippen LogP contribution >= 0.6 is 0 Å². The lowest BCUT2D eigenvalue weighted by molar-refractivity contribution is 1.28. The number of benzene rings is 8. The molecule has 0 heterocycles. The molecular weight excluding hydrogens is 761 g/mol. The Morgan fingerprint density at radius 3 is 1.13 bits per heavy atom. The average molecular weight is 809 g/mol. The van der Waals surface area contributed by atoms with E-state index in [4.69, 9.17) is 0 Å². The molecule has 0 aromatic heterocycles. The molecule has 0 unspecified atom stereocenters. The lowest BCUT2D eigenvalue weighted by Gasteiger charge is -2.27. The largest absolute Gasteiger partial charge is 0.311 e. The number of hydrogen-bond acceptors (Lipinski definition) is 4. The van der Waals surface area contributed by atoms with Crippen LogP contribution in [0.3, 0.4) is 0 Å². The molecule has 292 valence electrons. The van der Waals surface area contributed by atoms with Gasteiger partial charge in [-0.3, -0.25) is 0 Å². The van der Waals surface area contributed by atoms with Crippen molar-refractivity contribution in [3.05, 3.63) is 192 Å². The van der Waals surface area contributed by atoms with Crippen molar-refractivity contribution < 1.29 is 0 Å². The quantitative estimate of drug-likeness (QED) is 0.0784. The molecule has 6 heteroatoms. The second-order valence-corrected chi connectivity index (χ2v) is 27.6. The smallest absolute Gasteiger partial charge is 0.0991 e.